The van der Waals surface area contributed by atoms with Crippen LogP contribution in [0, 0.1) is 0 Å². The molecule has 0 unspecified atom stereocenters. The summed E-state index contributed by atoms with van der Waals surface area (Å²) in [5, 5.41) is 0. The van der Waals surface area contributed by atoms with Gasteiger partial charge in [0.15, 0.2) is 0 Å². The highest BCUT2D eigenvalue weighted by molar-refractivity contribution is 7.99. The number of anilines is 1. The molecule has 0 aliphatic rings. The van der Waals surface area contributed by atoms with Gasteiger partial charge >= 0.3 is 11.9 Å². The van der Waals surface area contributed by atoms with Gasteiger partial charge in [-0.1, -0.05) is 162 Å². The summed E-state index contributed by atoms with van der Waals surface area (Å²) in [6, 6.07) is 0. The number of unbranched alkanes of at least 4 members (excludes halogenated alkanes) is 24. The van der Waals surface area contributed by atoms with Gasteiger partial charge < -0.3 is 19.3 Å². The van der Waals surface area contributed by atoms with E-state index < -0.39 is 0 Å². The van der Waals surface area contributed by atoms with Crippen molar-refractivity contribution in [3.8, 4) is 0 Å². The zero-order chi connectivity index (χ0) is 43.9. The van der Waals surface area contributed by atoms with Crippen LogP contribution in [0.4, 0.5) is 5.69 Å². The van der Waals surface area contributed by atoms with Crippen LogP contribution in [-0.2, 0) is 19.1 Å². The average molecular weight is 863 g/mol. The number of carbonyl (C=O) groups excluding carboxylic acids is 2. The summed E-state index contributed by atoms with van der Waals surface area (Å²) in [6.07, 6.45) is 38.9. The molecule has 0 heterocycles. The molecule has 350 valence electrons. The molecule has 9 heteroatoms. The smallest absolute Gasteiger partial charge is 0.306 e. The zero-order valence-electron chi connectivity index (χ0n) is 39.9. The van der Waals surface area contributed by atoms with E-state index in [4.69, 9.17) is 9.47 Å². The fourth-order valence-electron chi connectivity index (χ4n) is 8.10. The summed E-state index contributed by atoms with van der Waals surface area (Å²) < 4.78 is 11.6. The van der Waals surface area contributed by atoms with Crippen molar-refractivity contribution in [3.05, 3.63) is 20.4 Å². The Bertz CT molecular complexity index is 1210. The van der Waals surface area contributed by atoms with Gasteiger partial charge in [0, 0.05) is 26.9 Å². The van der Waals surface area contributed by atoms with Gasteiger partial charge in [-0.25, -0.2) is 0 Å². The Labute approximate surface area is 373 Å². The van der Waals surface area contributed by atoms with Gasteiger partial charge in [-0.2, -0.15) is 0 Å². The maximum Gasteiger partial charge on any atom is 0.306 e. The Morgan fingerprint density at radius 1 is 0.500 bits per heavy atom. The van der Waals surface area contributed by atoms with Crippen molar-refractivity contribution in [1.82, 2.24) is 4.90 Å². The van der Waals surface area contributed by atoms with Gasteiger partial charge in [0.2, 0.25) is 5.43 Å². The summed E-state index contributed by atoms with van der Waals surface area (Å²) in [4.78, 5) is 54.2. The zero-order valence-corrected chi connectivity index (χ0v) is 40.7. The summed E-state index contributed by atoms with van der Waals surface area (Å²) >= 11 is 1.51. The molecule has 0 saturated carbocycles. The number of hydrogen-bond donors (Lipinski definition) is 0. The molecule has 0 aliphatic carbocycles. The standard InChI is InChI=1S/C51H94N2O6S/c1-6-9-12-15-18-19-20-26-34-43-58-46(54)38-31-27-33-41-53(42-35-44-60-51-48(52(4)5)49(56)50(51)57)40-32-25-21-24-30-39-47(55)59-45(36-28-22-16-13-10-7-2)37-29-23-17-14-11-8-3/h45H,6-44H2,1-5H3. The maximum absolute atomic E-state index is 12.9. The lowest BCUT2D eigenvalue weighted by Gasteiger charge is -2.23. The van der Waals surface area contributed by atoms with Crippen molar-refractivity contribution in [2.24, 2.45) is 0 Å². The SMILES string of the molecule is CCCCCCCCCCCOC(=O)CCCCCN(CCCCCCCC(=O)OC(CCCCCCCC)CCCCCCCC)CCCSc1c(N(C)C)c(=O)c1=O. The molecule has 0 spiro atoms. The van der Waals surface area contributed by atoms with Crippen LogP contribution in [0.15, 0.2) is 14.5 Å². The van der Waals surface area contributed by atoms with Crippen molar-refractivity contribution in [3.63, 3.8) is 0 Å². The molecule has 0 aliphatic heterocycles. The van der Waals surface area contributed by atoms with E-state index in [9.17, 15) is 19.2 Å². The first-order valence-electron chi connectivity index (χ1n) is 25.5. The summed E-state index contributed by atoms with van der Waals surface area (Å²) in [7, 11) is 3.63. The Balaban J connectivity index is 2.40. The molecule has 1 aromatic rings. The minimum absolute atomic E-state index is 0.00508. The highest BCUT2D eigenvalue weighted by atomic mass is 32.2. The molecule has 0 N–H and O–H groups in total. The van der Waals surface area contributed by atoms with Crippen LogP contribution in [0.2, 0.25) is 0 Å². The van der Waals surface area contributed by atoms with E-state index >= 15 is 0 Å². The molecular weight excluding hydrogens is 769 g/mol. The number of esters is 2. The summed E-state index contributed by atoms with van der Waals surface area (Å²) in [5.41, 5.74) is -0.172. The molecular formula is C51H94N2O6S. The van der Waals surface area contributed by atoms with Crippen molar-refractivity contribution < 1.29 is 19.1 Å². The van der Waals surface area contributed by atoms with Gasteiger partial charge in [-0.15, -0.1) is 11.8 Å². The second-order valence-corrected chi connectivity index (χ2v) is 19.0. The van der Waals surface area contributed by atoms with Gasteiger partial charge in [0.1, 0.15) is 11.8 Å². The predicted octanol–water partition coefficient (Wildman–Crippen LogP) is 13.5. The number of rotatable bonds is 45. The number of nitrogens with zero attached hydrogens (tertiary/aromatic N) is 2. The van der Waals surface area contributed by atoms with Gasteiger partial charge in [0.25, 0.3) is 5.43 Å². The molecule has 1 rings (SSSR count). The lowest BCUT2D eigenvalue weighted by molar-refractivity contribution is -0.150. The normalized spacial score (nSPS) is 11.7. The quantitative estimate of drug-likeness (QED) is 0.0275. The fraction of sp³-hybridized carbons (Fsp3) is 0.882. The third-order valence-electron chi connectivity index (χ3n) is 11.9. The topological polar surface area (TPSA) is 93.2 Å². The van der Waals surface area contributed by atoms with E-state index in [1.165, 1.54) is 121 Å². The maximum atomic E-state index is 12.9. The molecule has 0 aromatic heterocycles. The van der Waals surface area contributed by atoms with E-state index in [1.54, 1.807) is 4.90 Å². The van der Waals surface area contributed by atoms with Crippen LogP contribution in [0.25, 0.3) is 0 Å². The van der Waals surface area contributed by atoms with Crippen LogP contribution >= 0.6 is 11.8 Å². The minimum Gasteiger partial charge on any atom is -0.466 e. The predicted molar refractivity (Wildman–Crippen MR) is 258 cm³/mol. The lowest BCUT2D eigenvalue weighted by Crippen LogP contribution is -2.39. The van der Waals surface area contributed by atoms with Gasteiger partial charge in [0.05, 0.1) is 11.5 Å². The Morgan fingerprint density at radius 2 is 0.917 bits per heavy atom. The molecule has 0 amide bonds. The number of hydrogen-bond acceptors (Lipinski definition) is 9. The second kappa shape index (κ2) is 39.9. The average Bonchev–Trinajstić information content (AvgIpc) is 3.23. The lowest BCUT2D eigenvalue weighted by atomic mass is 10.0. The van der Waals surface area contributed by atoms with Crippen molar-refractivity contribution in [2.45, 2.75) is 250 Å². The first-order chi connectivity index (χ1) is 29.2. The van der Waals surface area contributed by atoms with Gasteiger partial charge in [-0.3, -0.25) is 19.2 Å². The Kier molecular flexibility index (Phi) is 37.4. The van der Waals surface area contributed by atoms with Crippen LogP contribution in [0.5, 0.6) is 0 Å². The third kappa shape index (κ3) is 30.2. The fourth-order valence-corrected chi connectivity index (χ4v) is 9.21. The van der Waals surface area contributed by atoms with Crippen molar-refractivity contribution >= 4 is 29.4 Å². The number of thioether (sulfide) groups is 1. The van der Waals surface area contributed by atoms with Crippen LogP contribution in [0.3, 0.4) is 0 Å². The molecule has 1 aromatic carbocycles. The molecule has 0 saturated heterocycles. The molecule has 60 heavy (non-hydrogen) atoms. The van der Waals surface area contributed by atoms with E-state index in [2.05, 4.69) is 25.7 Å². The minimum atomic E-state index is -0.371. The summed E-state index contributed by atoms with van der Waals surface area (Å²) in [6.45, 7) is 10.3. The Hall–Kier alpha value is -1.87. The van der Waals surface area contributed by atoms with Crippen LogP contribution < -0.4 is 15.8 Å². The number of ether oxygens (including phenoxy) is 2. The Morgan fingerprint density at radius 3 is 1.43 bits per heavy atom. The third-order valence-corrected chi connectivity index (χ3v) is 13.1. The molecule has 0 bridgehead atoms. The van der Waals surface area contributed by atoms with E-state index in [1.807, 2.05) is 14.1 Å². The largest absolute Gasteiger partial charge is 0.466 e. The molecule has 0 fully saturated rings. The van der Waals surface area contributed by atoms with E-state index in [0.29, 0.717) is 30.0 Å². The van der Waals surface area contributed by atoms with E-state index in [-0.39, 0.29) is 28.9 Å². The molecule has 8 nitrogen and oxygen atoms in total. The first kappa shape index (κ1) is 56.1. The molecule has 0 radical (unpaired) electrons. The highest BCUT2D eigenvalue weighted by Gasteiger charge is 2.22. The first-order valence-corrected chi connectivity index (χ1v) is 26.4. The van der Waals surface area contributed by atoms with Crippen LogP contribution in [-0.4, -0.2) is 69.0 Å². The van der Waals surface area contributed by atoms with E-state index in [0.717, 1.165) is 122 Å². The van der Waals surface area contributed by atoms with Crippen molar-refractivity contribution in [1.29, 1.82) is 0 Å². The highest BCUT2D eigenvalue weighted by Crippen LogP contribution is 2.25. The number of carbonyl (C=O) groups is 2. The van der Waals surface area contributed by atoms with Gasteiger partial charge in [-0.05, 0) is 89.6 Å². The van der Waals surface area contributed by atoms with Crippen molar-refractivity contribution in [2.75, 3.05) is 51.0 Å². The molecule has 0 atom stereocenters. The van der Waals surface area contributed by atoms with Crippen LogP contribution in [0.1, 0.15) is 239 Å². The monoisotopic (exact) mass is 863 g/mol. The second-order valence-electron chi connectivity index (χ2n) is 17.9. The summed E-state index contributed by atoms with van der Waals surface area (Å²) in [5.74, 6) is 0.741.